The van der Waals surface area contributed by atoms with Gasteiger partial charge in [0.2, 0.25) is 11.5 Å². The number of nitrogens with zero attached hydrogens (tertiary/aromatic N) is 1. The molecule has 0 fully saturated rings. The first kappa shape index (κ1) is 20.8. The van der Waals surface area contributed by atoms with Crippen molar-refractivity contribution in [2.24, 2.45) is 0 Å². The first-order valence-corrected chi connectivity index (χ1v) is 10.2. The number of rotatable bonds is 5. The summed E-state index contributed by atoms with van der Waals surface area (Å²) in [5.74, 6) is -0.894. The summed E-state index contributed by atoms with van der Waals surface area (Å²) in [6, 6.07) is 7.95. The predicted molar refractivity (Wildman–Crippen MR) is 105 cm³/mol. The van der Waals surface area contributed by atoms with E-state index < -0.39 is 35.2 Å². The molecule has 0 aliphatic rings. The van der Waals surface area contributed by atoms with Gasteiger partial charge < -0.3 is 10.4 Å². The number of para-hydroxylation sites is 1. The zero-order valence-corrected chi connectivity index (χ0v) is 17.1. The van der Waals surface area contributed by atoms with Crippen molar-refractivity contribution < 1.29 is 23.1 Å². The van der Waals surface area contributed by atoms with Crippen LogP contribution in [0.4, 0.5) is 13.2 Å². The Hall–Kier alpha value is -1.97. The Labute approximate surface area is 168 Å². The fourth-order valence-electron chi connectivity index (χ4n) is 3.03. The van der Waals surface area contributed by atoms with Gasteiger partial charge in [-0.2, -0.15) is 13.2 Å². The molecule has 4 nitrogen and oxygen atoms in total. The lowest BCUT2D eigenvalue weighted by Gasteiger charge is -2.28. The van der Waals surface area contributed by atoms with Crippen LogP contribution in [0.1, 0.15) is 39.7 Å². The molecule has 2 atom stereocenters. The van der Waals surface area contributed by atoms with E-state index in [4.69, 9.17) is 0 Å². The summed E-state index contributed by atoms with van der Waals surface area (Å²) in [5, 5.41) is 12.5. The fourth-order valence-corrected chi connectivity index (χ4v) is 5.13. The van der Waals surface area contributed by atoms with E-state index in [9.17, 15) is 23.1 Å². The van der Waals surface area contributed by atoms with Crippen LogP contribution in [0.3, 0.4) is 0 Å². The summed E-state index contributed by atoms with van der Waals surface area (Å²) in [4.78, 5) is 18.4. The molecule has 0 saturated carbocycles. The highest BCUT2D eigenvalue weighted by Crippen LogP contribution is 2.44. The quantitative estimate of drug-likeness (QED) is 0.602. The van der Waals surface area contributed by atoms with E-state index in [0.717, 1.165) is 26.7 Å². The van der Waals surface area contributed by atoms with Gasteiger partial charge in [0.25, 0.3) is 0 Å². The molecule has 3 rings (SSSR count). The first-order valence-electron chi connectivity index (χ1n) is 8.52. The normalized spacial score (nSPS) is 15.4. The number of fused-ring (bicyclic) bond motifs is 1. The van der Waals surface area contributed by atoms with Crippen LogP contribution in [0.5, 0.6) is 0 Å². The predicted octanol–water partition coefficient (Wildman–Crippen LogP) is 4.99. The summed E-state index contributed by atoms with van der Waals surface area (Å²) < 4.78 is 41.7. The molecule has 150 valence electrons. The molecule has 0 spiro atoms. The molecule has 9 heteroatoms. The molecule has 2 aromatic heterocycles. The van der Waals surface area contributed by atoms with Crippen molar-refractivity contribution in [3.8, 4) is 0 Å². The molecule has 2 N–H and O–H groups in total. The lowest BCUT2D eigenvalue weighted by atomic mass is 9.98. The van der Waals surface area contributed by atoms with Crippen molar-refractivity contribution >= 4 is 38.8 Å². The number of hydrogen-bond acceptors (Lipinski definition) is 5. The minimum atomic E-state index is -5.05. The van der Waals surface area contributed by atoms with Crippen LogP contribution in [-0.4, -0.2) is 22.2 Å². The number of hydrogen-bond donors (Lipinski definition) is 2. The second-order valence-electron chi connectivity index (χ2n) is 6.68. The second kappa shape index (κ2) is 7.46. The van der Waals surface area contributed by atoms with Gasteiger partial charge >= 0.3 is 6.18 Å². The van der Waals surface area contributed by atoms with Crippen molar-refractivity contribution in [3.05, 3.63) is 50.7 Å². The van der Waals surface area contributed by atoms with E-state index in [0.29, 0.717) is 10.2 Å². The number of carbonyl (C=O) groups excluding carboxylic acids is 1. The Morgan fingerprint density at radius 2 is 1.93 bits per heavy atom. The fraction of sp³-hybridized carbons (Fsp3) is 0.368. The van der Waals surface area contributed by atoms with Gasteiger partial charge in [0.1, 0.15) is 5.01 Å². The van der Waals surface area contributed by atoms with Gasteiger partial charge in [-0.15, -0.1) is 22.7 Å². The smallest absolute Gasteiger partial charge is 0.374 e. The molecule has 0 saturated heterocycles. The number of nitrogens with one attached hydrogen (secondary N) is 1. The number of benzene rings is 1. The highest BCUT2D eigenvalue weighted by atomic mass is 32.1. The van der Waals surface area contributed by atoms with Gasteiger partial charge in [-0.25, -0.2) is 4.98 Å². The van der Waals surface area contributed by atoms with Gasteiger partial charge in [-0.05, 0) is 44.5 Å². The van der Waals surface area contributed by atoms with Crippen molar-refractivity contribution in [1.82, 2.24) is 10.3 Å². The van der Waals surface area contributed by atoms with Crippen LogP contribution in [0, 0.1) is 13.8 Å². The van der Waals surface area contributed by atoms with Crippen LogP contribution in [0.15, 0.2) is 30.3 Å². The Morgan fingerprint density at radius 3 is 2.50 bits per heavy atom. The average molecular weight is 429 g/mol. The summed E-state index contributed by atoms with van der Waals surface area (Å²) in [6.45, 7) is 5.52. The van der Waals surface area contributed by atoms with E-state index in [1.165, 1.54) is 0 Å². The summed E-state index contributed by atoms with van der Waals surface area (Å²) in [7, 11) is 0. The molecule has 3 aromatic rings. The van der Waals surface area contributed by atoms with Gasteiger partial charge in [0.05, 0.1) is 22.7 Å². The highest BCUT2D eigenvalue weighted by molar-refractivity contribution is 7.18. The molecule has 1 amide bonds. The van der Waals surface area contributed by atoms with E-state index >= 15 is 0 Å². The topological polar surface area (TPSA) is 62.2 Å². The largest absolute Gasteiger partial charge is 0.424 e. The number of alkyl halides is 3. The first-order chi connectivity index (χ1) is 13.0. The zero-order valence-electron chi connectivity index (χ0n) is 15.4. The standard InChI is InChI=1S/C19H19F3N2O2S2/c1-10-8-13(12(3)27-10)11(2)23-16(25)9-18(26,19(20,21)22)17-24-14-6-4-5-7-15(14)28-17/h4-8,11,26H,9H2,1-3H3,(H,23,25). The van der Waals surface area contributed by atoms with Gasteiger partial charge in [-0.3, -0.25) is 4.79 Å². The Balaban J connectivity index is 1.86. The molecule has 0 radical (unpaired) electrons. The number of thiazole rings is 1. The molecule has 2 unspecified atom stereocenters. The van der Waals surface area contributed by atoms with Crippen molar-refractivity contribution in [1.29, 1.82) is 0 Å². The minimum absolute atomic E-state index is 0.350. The maximum absolute atomic E-state index is 13.7. The minimum Gasteiger partial charge on any atom is -0.374 e. The van der Waals surface area contributed by atoms with Crippen molar-refractivity contribution in [2.75, 3.05) is 0 Å². The number of thiophene rings is 1. The number of aryl methyl sites for hydroxylation is 2. The number of halogens is 3. The van der Waals surface area contributed by atoms with E-state index in [1.54, 1.807) is 42.5 Å². The van der Waals surface area contributed by atoms with E-state index in [2.05, 4.69) is 10.3 Å². The Kier molecular flexibility index (Phi) is 5.53. The van der Waals surface area contributed by atoms with E-state index in [-0.39, 0.29) is 0 Å². The van der Waals surface area contributed by atoms with Gasteiger partial charge in [0, 0.05) is 9.75 Å². The molecule has 0 aliphatic carbocycles. The lowest BCUT2D eigenvalue weighted by Crippen LogP contribution is -2.46. The third kappa shape index (κ3) is 3.92. The van der Waals surface area contributed by atoms with Gasteiger partial charge in [0.15, 0.2) is 0 Å². The number of amides is 1. The monoisotopic (exact) mass is 428 g/mol. The summed E-state index contributed by atoms with van der Waals surface area (Å²) in [6.07, 6.45) is -6.20. The molecule has 1 aromatic carbocycles. The van der Waals surface area contributed by atoms with Crippen LogP contribution in [-0.2, 0) is 10.4 Å². The molecule has 0 bridgehead atoms. The number of aromatic nitrogens is 1. The Morgan fingerprint density at radius 1 is 1.25 bits per heavy atom. The van der Waals surface area contributed by atoms with Crippen LogP contribution in [0.2, 0.25) is 0 Å². The third-order valence-electron chi connectivity index (χ3n) is 4.46. The van der Waals surface area contributed by atoms with E-state index in [1.807, 2.05) is 19.9 Å². The van der Waals surface area contributed by atoms with Gasteiger partial charge in [-0.1, -0.05) is 12.1 Å². The zero-order chi connectivity index (χ0) is 20.7. The number of aliphatic hydroxyl groups is 1. The Bertz CT molecular complexity index is 979. The molecule has 2 heterocycles. The average Bonchev–Trinajstić information content (AvgIpc) is 3.16. The maximum Gasteiger partial charge on any atom is 0.424 e. The molecular formula is C19H19F3N2O2S2. The van der Waals surface area contributed by atoms with Crippen molar-refractivity contribution in [2.45, 2.75) is 45.0 Å². The van der Waals surface area contributed by atoms with Crippen LogP contribution < -0.4 is 5.32 Å². The summed E-state index contributed by atoms with van der Waals surface area (Å²) in [5.41, 5.74) is -2.14. The molecule has 0 aliphatic heterocycles. The highest BCUT2D eigenvalue weighted by Gasteiger charge is 2.58. The lowest BCUT2D eigenvalue weighted by molar-refractivity contribution is -0.267. The van der Waals surface area contributed by atoms with Crippen LogP contribution in [0.25, 0.3) is 10.2 Å². The van der Waals surface area contributed by atoms with Crippen LogP contribution >= 0.6 is 22.7 Å². The molecule has 28 heavy (non-hydrogen) atoms. The summed E-state index contributed by atoms with van der Waals surface area (Å²) >= 11 is 2.29. The third-order valence-corrected chi connectivity index (χ3v) is 6.63. The number of carbonyl (C=O) groups is 1. The second-order valence-corrected chi connectivity index (χ2v) is 9.17. The van der Waals surface area contributed by atoms with Crippen molar-refractivity contribution in [3.63, 3.8) is 0 Å². The molecular weight excluding hydrogens is 409 g/mol. The SMILES string of the molecule is Cc1cc(C(C)NC(=O)CC(O)(c2nc3ccccc3s2)C(F)(F)F)c(C)s1. The maximum atomic E-state index is 13.7.